The summed E-state index contributed by atoms with van der Waals surface area (Å²) in [6.45, 7) is 4.77. The number of likely N-dealkylation sites (tertiary alicyclic amines) is 1. The monoisotopic (exact) mass is 415 g/mol. The Labute approximate surface area is 175 Å². The van der Waals surface area contributed by atoms with Gasteiger partial charge in [-0.25, -0.2) is 4.98 Å². The Bertz CT molecular complexity index is 846. The van der Waals surface area contributed by atoms with Crippen LogP contribution in [0, 0.1) is 5.92 Å². The van der Waals surface area contributed by atoms with Crippen LogP contribution in [0.1, 0.15) is 62.2 Å². The number of hydrogen-bond acceptors (Lipinski definition) is 5. The minimum absolute atomic E-state index is 0.00690. The summed E-state index contributed by atoms with van der Waals surface area (Å²) in [6, 6.07) is 7.11. The van der Waals surface area contributed by atoms with Crippen LogP contribution in [0.3, 0.4) is 0 Å². The van der Waals surface area contributed by atoms with Crippen LogP contribution in [-0.4, -0.2) is 46.6 Å². The molecule has 29 heavy (non-hydrogen) atoms. The lowest BCUT2D eigenvalue weighted by Crippen LogP contribution is -2.49. The number of nitrogens with one attached hydrogen (secondary N) is 1. The molecule has 1 aliphatic heterocycles. The third-order valence-corrected chi connectivity index (χ3v) is 6.52. The summed E-state index contributed by atoms with van der Waals surface area (Å²) in [5.74, 6) is -0.515. The van der Waals surface area contributed by atoms with Crippen LogP contribution in [0.2, 0.25) is 0 Å². The van der Waals surface area contributed by atoms with Crippen molar-refractivity contribution < 1.29 is 14.4 Å². The van der Waals surface area contributed by atoms with Gasteiger partial charge in [-0.2, -0.15) is 0 Å². The maximum absolute atomic E-state index is 13.2. The van der Waals surface area contributed by atoms with Gasteiger partial charge in [0, 0.05) is 20.0 Å². The molecule has 0 radical (unpaired) electrons. The van der Waals surface area contributed by atoms with E-state index in [-0.39, 0.29) is 23.5 Å². The van der Waals surface area contributed by atoms with Gasteiger partial charge in [0.1, 0.15) is 0 Å². The number of rotatable bonds is 8. The summed E-state index contributed by atoms with van der Waals surface area (Å²) < 4.78 is 0.971. The molecule has 1 aliphatic rings. The van der Waals surface area contributed by atoms with Gasteiger partial charge in [-0.05, 0) is 31.4 Å². The van der Waals surface area contributed by atoms with Crippen LogP contribution in [0.4, 0.5) is 0 Å². The van der Waals surface area contributed by atoms with E-state index in [4.69, 9.17) is 0 Å². The molecule has 2 atom stereocenters. The number of nitrogens with zero attached hydrogens (tertiary/aromatic N) is 2. The van der Waals surface area contributed by atoms with Crippen LogP contribution in [0.5, 0.6) is 0 Å². The molecule has 6 nitrogen and oxygen atoms in total. The highest BCUT2D eigenvalue weighted by Crippen LogP contribution is 2.24. The number of fused-ring (bicyclic) bond motifs is 1. The van der Waals surface area contributed by atoms with Gasteiger partial charge in [-0.15, -0.1) is 11.3 Å². The highest BCUT2D eigenvalue weighted by atomic mass is 32.1. The van der Waals surface area contributed by atoms with Crippen LogP contribution in [-0.2, 0) is 9.59 Å². The highest BCUT2D eigenvalue weighted by Gasteiger charge is 2.31. The summed E-state index contributed by atoms with van der Waals surface area (Å²) in [7, 11) is 0. The first-order valence-electron chi connectivity index (χ1n) is 10.4. The highest BCUT2D eigenvalue weighted by molar-refractivity contribution is 7.20. The third-order valence-electron chi connectivity index (χ3n) is 5.47. The third kappa shape index (κ3) is 5.41. The molecule has 0 saturated carbocycles. The van der Waals surface area contributed by atoms with Crippen molar-refractivity contribution >= 4 is 39.2 Å². The number of unbranched alkanes of at least 4 members (excludes halogenated alkanes) is 2. The van der Waals surface area contributed by atoms with Crippen molar-refractivity contribution in [1.29, 1.82) is 0 Å². The first-order chi connectivity index (χ1) is 14.0. The van der Waals surface area contributed by atoms with Crippen molar-refractivity contribution in [3.8, 4) is 0 Å². The predicted molar refractivity (Wildman–Crippen MR) is 115 cm³/mol. The number of para-hydroxylation sites is 1. The lowest BCUT2D eigenvalue weighted by Gasteiger charge is -2.32. The van der Waals surface area contributed by atoms with Gasteiger partial charge in [0.2, 0.25) is 17.6 Å². The second kappa shape index (κ2) is 9.96. The maximum Gasteiger partial charge on any atom is 0.225 e. The quantitative estimate of drug-likeness (QED) is 0.525. The smallest absolute Gasteiger partial charge is 0.225 e. The number of thiazole rings is 1. The fraction of sp³-hybridized carbons (Fsp3) is 0.545. The molecule has 1 aromatic carbocycles. The molecular formula is C22H29N3O3S. The Hall–Kier alpha value is -2.28. The molecule has 1 saturated heterocycles. The number of ketones is 1. The summed E-state index contributed by atoms with van der Waals surface area (Å²) >= 11 is 1.38. The van der Waals surface area contributed by atoms with Crippen LogP contribution < -0.4 is 5.32 Å². The van der Waals surface area contributed by atoms with Gasteiger partial charge in [0.15, 0.2) is 5.01 Å². The fourth-order valence-electron chi connectivity index (χ4n) is 3.76. The van der Waals surface area contributed by atoms with E-state index in [1.165, 1.54) is 18.3 Å². The molecule has 2 amide bonds. The van der Waals surface area contributed by atoms with E-state index in [0.29, 0.717) is 24.5 Å². The van der Waals surface area contributed by atoms with Crippen molar-refractivity contribution in [2.24, 2.45) is 5.92 Å². The number of amides is 2. The van der Waals surface area contributed by atoms with Gasteiger partial charge in [0.05, 0.1) is 22.2 Å². The van der Waals surface area contributed by atoms with E-state index in [2.05, 4.69) is 17.2 Å². The van der Waals surface area contributed by atoms with E-state index < -0.39 is 6.04 Å². The van der Waals surface area contributed by atoms with E-state index in [1.807, 2.05) is 24.3 Å². The Morgan fingerprint density at radius 3 is 2.79 bits per heavy atom. The van der Waals surface area contributed by atoms with Crippen LogP contribution in [0.25, 0.3) is 10.2 Å². The Balaban J connectivity index is 1.72. The minimum atomic E-state index is -0.567. The van der Waals surface area contributed by atoms with Crippen molar-refractivity contribution in [3.05, 3.63) is 29.3 Å². The van der Waals surface area contributed by atoms with Crippen molar-refractivity contribution in [2.45, 2.75) is 58.4 Å². The van der Waals surface area contributed by atoms with E-state index in [0.717, 1.165) is 42.3 Å². The normalized spacial score (nSPS) is 17.9. The first kappa shape index (κ1) is 21.4. The van der Waals surface area contributed by atoms with Crippen LogP contribution >= 0.6 is 11.3 Å². The second-order valence-corrected chi connectivity index (χ2v) is 8.74. The first-order valence-corrected chi connectivity index (χ1v) is 11.3. The van der Waals surface area contributed by atoms with Gasteiger partial charge >= 0.3 is 0 Å². The molecule has 1 fully saturated rings. The zero-order chi connectivity index (χ0) is 20.8. The van der Waals surface area contributed by atoms with Gasteiger partial charge in [0.25, 0.3) is 0 Å². The van der Waals surface area contributed by atoms with Crippen LogP contribution in [0.15, 0.2) is 24.3 Å². The molecule has 0 spiro atoms. The van der Waals surface area contributed by atoms with Gasteiger partial charge in [-0.1, -0.05) is 38.3 Å². The number of Topliss-reactive ketones (excluding diaryl/α,β-unsaturated/α-hetero) is 1. The SMILES string of the molecule is CCCCCC(NC(=O)C1CCCN(C(C)=O)C1)C(=O)c1nc2ccccc2s1. The Morgan fingerprint density at radius 2 is 2.07 bits per heavy atom. The van der Waals surface area contributed by atoms with E-state index in [9.17, 15) is 14.4 Å². The summed E-state index contributed by atoms with van der Waals surface area (Å²) in [6.07, 6.45) is 5.10. The van der Waals surface area contributed by atoms with E-state index in [1.54, 1.807) is 4.90 Å². The Kier molecular flexibility index (Phi) is 7.36. The summed E-state index contributed by atoms with van der Waals surface area (Å²) in [5, 5.41) is 3.43. The lowest BCUT2D eigenvalue weighted by atomic mass is 9.95. The largest absolute Gasteiger partial charge is 0.346 e. The number of benzene rings is 1. The van der Waals surface area contributed by atoms with Gasteiger partial charge in [-0.3, -0.25) is 14.4 Å². The summed E-state index contributed by atoms with van der Waals surface area (Å²) in [4.78, 5) is 43.9. The fourth-order valence-corrected chi connectivity index (χ4v) is 4.72. The van der Waals surface area contributed by atoms with Crippen molar-refractivity contribution in [3.63, 3.8) is 0 Å². The standard InChI is InChI=1S/C22H29N3O3S/c1-3-4-5-11-18(20(27)22-24-17-10-6-7-12-19(17)29-22)23-21(28)16-9-8-13-25(14-16)15(2)26/h6-7,10,12,16,18H,3-5,8-9,11,13-14H2,1-2H3,(H,23,28). The molecule has 0 aliphatic carbocycles. The number of piperidine rings is 1. The minimum Gasteiger partial charge on any atom is -0.346 e. The maximum atomic E-state index is 13.2. The molecule has 1 N–H and O–H groups in total. The lowest BCUT2D eigenvalue weighted by molar-refractivity contribution is -0.134. The zero-order valence-corrected chi connectivity index (χ0v) is 18.0. The average molecular weight is 416 g/mol. The number of aromatic nitrogens is 1. The number of carbonyl (C=O) groups excluding carboxylic acids is 3. The van der Waals surface area contributed by atoms with Gasteiger partial charge < -0.3 is 10.2 Å². The second-order valence-electron chi connectivity index (χ2n) is 7.71. The molecule has 0 bridgehead atoms. The molecule has 2 heterocycles. The number of carbonyl (C=O) groups is 3. The molecule has 2 aromatic rings. The topological polar surface area (TPSA) is 79.4 Å². The zero-order valence-electron chi connectivity index (χ0n) is 17.1. The molecular weight excluding hydrogens is 386 g/mol. The van der Waals surface area contributed by atoms with E-state index >= 15 is 0 Å². The molecule has 7 heteroatoms. The average Bonchev–Trinajstić information content (AvgIpc) is 3.17. The Morgan fingerprint density at radius 1 is 1.28 bits per heavy atom. The molecule has 156 valence electrons. The molecule has 1 aromatic heterocycles. The molecule has 2 unspecified atom stereocenters. The number of hydrogen-bond donors (Lipinski definition) is 1. The summed E-state index contributed by atoms with van der Waals surface area (Å²) in [5.41, 5.74) is 0.809. The van der Waals surface area contributed by atoms with Crippen molar-refractivity contribution in [1.82, 2.24) is 15.2 Å². The predicted octanol–water partition coefficient (Wildman–Crippen LogP) is 3.80. The molecule has 3 rings (SSSR count). The van der Waals surface area contributed by atoms with Crippen molar-refractivity contribution in [2.75, 3.05) is 13.1 Å².